The molecule has 82 valence electrons. The molecule has 1 unspecified atom stereocenters. The molecule has 1 saturated heterocycles. The maximum Gasteiger partial charge on any atom is 0.320 e. The van der Waals surface area contributed by atoms with Crippen LogP contribution >= 0.6 is 0 Å². The number of nitrogens with two attached hydrogens (primary N) is 1. The third-order valence-electron chi connectivity index (χ3n) is 2.81. The first-order valence-corrected chi connectivity index (χ1v) is 5.42. The highest BCUT2D eigenvalue weighted by molar-refractivity contribution is 5.73. The van der Waals surface area contributed by atoms with Crippen molar-refractivity contribution in [2.24, 2.45) is 5.73 Å². The Kier molecular flexibility index (Phi) is 4.90. The molecule has 1 aliphatic rings. The zero-order chi connectivity index (χ0) is 10.4. The van der Waals surface area contributed by atoms with E-state index in [2.05, 4.69) is 4.90 Å². The summed E-state index contributed by atoms with van der Waals surface area (Å²) in [5.74, 6) is -0.725. The first-order valence-electron chi connectivity index (χ1n) is 5.42. The summed E-state index contributed by atoms with van der Waals surface area (Å²) in [5, 5.41) is 9.05. The Hall–Kier alpha value is -0.610. The molecule has 4 nitrogen and oxygen atoms in total. The molecule has 1 aliphatic heterocycles. The lowest BCUT2D eigenvalue weighted by Gasteiger charge is -2.26. The minimum absolute atomic E-state index is 0.363. The van der Waals surface area contributed by atoms with Gasteiger partial charge in [0.2, 0.25) is 0 Å². The van der Waals surface area contributed by atoms with E-state index >= 15 is 0 Å². The van der Waals surface area contributed by atoms with Gasteiger partial charge >= 0.3 is 5.97 Å². The largest absolute Gasteiger partial charge is 0.480 e. The maximum atomic E-state index is 11.0. The number of nitrogens with zero attached hydrogens (tertiary/aromatic N) is 1. The molecule has 14 heavy (non-hydrogen) atoms. The van der Waals surface area contributed by atoms with Gasteiger partial charge in [-0.25, -0.2) is 0 Å². The van der Waals surface area contributed by atoms with Crippen LogP contribution in [0.5, 0.6) is 0 Å². The van der Waals surface area contributed by atoms with Crippen molar-refractivity contribution in [2.45, 2.75) is 38.1 Å². The van der Waals surface area contributed by atoms with Crippen LogP contribution in [0.15, 0.2) is 0 Å². The molecular formula is C10H20N2O2. The van der Waals surface area contributed by atoms with Gasteiger partial charge in [-0.3, -0.25) is 9.69 Å². The highest BCUT2D eigenvalue weighted by Crippen LogP contribution is 2.14. The molecule has 0 aliphatic carbocycles. The van der Waals surface area contributed by atoms with Gasteiger partial charge in [-0.15, -0.1) is 0 Å². The summed E-state index contributed by atoms with van der Waals surface area (Å²) in [6.07, 6.45) is 5.26. The number of likely N-dealkylation sites (tertiary alicyclic amines) is 1. The van der Waals surface area contributed by atoms with Gasteiger partial charge in [-0.05, 0) is 38.9 Å². The molecule has 0 aromatic heterocycles. The van der Waals surface area contributed by atoms with E-state index in [0.717, 1.165) is 25.9 Å². The molecule has 1 atom stereocenters. The molecule has 0 radical (unpaired) electrons. The smallest absolute Gasteiger partial charge is 0.320 e. The summed E-state index contributed by atoms with van der Waals surface area (Å²) < 4.78 is 0. The van der Waals surface area contributed by atoms with Crippen LogP contribution in [0.25, 0.3) is 0 Å². The number of carboxylic acids is 1. The van der Waals surface area contributed by atoms with Crippen LogP contribution in [-0.4, -0.2) is 41.7 Å². The van der Waals surface area contributed by atoms with Gasteiger partial charge < -0.3 is 10.8 Å². The first kappa shape index (κ1) is 11.5. The zero-order valence-electron chi connectivity index (χ0n) is 8.61. The number of carboxylic acid groups (broad SMARTS) is 1. The normalized spacial score (nSPS) is 21.5. The fourth-order valence-corrected chi connectivity index (χ4v) is 2.03. The van der Waals surface area contributed by atoms with Crippen molar-refractivity contribution in [3.8, 4) is 0 Å². The van der Waals surface area contributed by atoms with E-state index in [1.54, 1.807) is 0 Å². The monoisotopic (exact) mass is 200 g/mol. The van der Waals surface area contributed by atoms with E-state index in [1.807, 2.05) is 0 Å². The summed E-state index contributed by atoms with van der Waals surface area (Å²) >= 11 is 0. The average molecular weight is 200 g/mol. The van der Waals surface area contributed by atoms with E-state index in [4.69, 9.17) is 10.8 Å². The molecular weight excluding hydrogens is 180 g/mol. The Bertz CT molecular complexity index is 177. The predicted molar refractivity (Wildman–Crippen MR) is 55.1 cm³/mol. The van der Waals surface area contributed by atoms with Crippen LogP contribution in [0.1, 0.15) is 32.1 Å². The van der Waals surface area contributed by atoms with E-state index in [1.165, 1.54) is 12.8 Å². The molecule has 0 bridgehead atoms. The van der Waals surface area contributed by atoms with Crippen molar-refractivity contribution in [3.05, 3.63) is 0 Å². The van der Waals surface area contributed by atoms with Crippen LogP contribution in [0.3, 0.4) is 0 Å². The molecule has 0 amide bonds. The Labute approximate surface area is 85.1 Å². The highest BCUT2D eigenvalue weighted by Gasteiger charge is 2.24. The molecule has 1 fully saturated rings. The SMILES string of the molecule is NCCC(C(=O)O)N1CCCCCC1. The first-order chi connectivity index (χ1) is 6.75. The molecule has 3 N–H and O–H groups in total. The number of hydrogen-bond donors (Lipinski definition) is 2. The lowest BCUT2D eigenvalue weighted by Crippen LogP contribution is -2.42. The van der Waals surface area contributed by atoms with Gasteiger partial charge in [0.1, 0.15) is 6.04 Å². The second-order valence-corrected chi connectivity index (χ2v) is 3.88. The molecule has 0 saturated carbocycles. The van der Waals surface area contributed by atoms with Crippen LogP contribution in [0.4, 0.5) is 0 Å². The van der Waals surface area contributed by atoms with E-state index in [-0.39, 0.29) is 6.04 Å². The van der Waals surface area contributed by atoms with E-state index in [0.29, 0.717) is 13.0 Å². The number of carbonyl (C=O) groups is 1. The van der Waals surface area contributed by atoms with Gasteiger partial charge in [0.25, 0.3) is 0 Å². The second-order valence-electron chi connectivity index (χ2n) is 3.88. The van der Waals surface area contributed by atoms with Crippen molar-refractivity contribution in [1.82, 2.24) is 4.90 Å². The summed E-state index contributed by atoms with van der Waals surface area (Å²) in [4.78, 5) is 13.1. The van der Waals surface area contributed by atoms with Crippen molar-refractivity contribution >= 4 is 5.97 Å². The summed E-state index contributed by atoms with van der Waals surface area (Å²) in [6, 6.07) is -0.363. The average Bonchev–Trinajstić information content (AvgIpc) is 2.41. The third-order valence-corrected chi connectivity index (χ3v) is 2.81. The van der Waals surface area contributed by atoms with Crippen LogP contribution in [0, 0.1) is 0 Å². The number of aliphatic carboxylic acids is 1. The van der Waals surface area contributed by atoms with Gasteiger partial charge in [-0.1, -0.05) is 12.8 Å². The second kappa shape index (κ2) is 5.98. The summed E-state index contributed by atoms with van der Waals surface area (Å²) in [5.41, 5.74) is 5.42. The number of rotatable bonds is 4. The standard InChI is InChI=1S/C10H20N2O2/c11-6-5-9(10(13)14)12-7-3-1-2-4-8-12/h9H,1-8,11H2,(H,13,14). The van der Waals surface area contributed by atoms with Crippen LogP contribution < -0.4 is 5.73 Å². The predicted octanol–water partition coefficient (Wildman–Crippen LogP) is 0.664. The lowest BCUT2D eigenvalue weighted by molar-refractivity contribution is -0.143. The minimum Gasteiger partial charge on any atom is -0.480 e. The summed E-state index contributed by atoms with van der Waals surface area (Å²) in [7, 11) is 0. The molecule has 1 rings (SSSR count). The Morgan fingerprint density at radius 1 is 1.29 bits per heavy atom. The highest BCUT2D eigenvalue weighted by atomic mass is 16.4. The van der Waals surface area contributed by atoms with Crippen molar-refractivity contribution < 1.29 is 9.90 Å². The van der Waals surface area contributed by atoms with Crippen molar-refractivity contribution in [3.63, 3.8) is 0 Å². The molecule has 4 heteroatoms. The molecule has 0 spiro atoms. The fourth-order valence-electron chi connectivity index (χ4n) is 2.03. The third kappa shape index (κ3) is 3.27. The molecule has 0 aromatic rings. The summed E-state index contributed by atoms with van der Waals surface area (Å²) in [6.45, 7) is 2.28. The van der Waals surface area contributed by atoms with Gasteiger partial charge in [0, 0.05) is 0 Å². The Morgan fingerprint density at radius 3 is 2.29 bits per heavy atom. The van der Waals surface area contributed by atoms with Crippen LogP contribution in [-0.2, 0) is 4.79 Å². The Balaban J connectivity index is 2.51. The van der Waals surface area contributed by atoms with Crippen LogP contribution in [0.2, 0.25) is 0 Å². The van der Waals surface area contributed by atoms with Gasteiger partial charge in [0.05, 0.1) is 0 Å². The lowest BCUT2D eigenvalue weighted by atomic mass is 10.1. The zero-order valence-corrected chi connectivity index (χ0v) is 8.61. The molecule has 0 aromatic carbocycles. The van der Waals surface area contributed by atoms with Crippen molar-refractivity contribution in [2.75, 3.05) is 19.6 Å². The maximum absolute atomic E-state index is 11.0. The quantitative estimate of drug-likeness (QED) is 0.699. The minimum atomic E-state index is -0.725. The van der Waals surface area contributed by atoms with Gasteiger partial charge in [0.15, 0.2) is 0 Å². The topological polar surface area (TPSA) is 66.6 Å². The molecule has 1 heterocycles. The number of hydrogen-bond acceptors (Lipinski definition) is 3. The van der Waals surface area contributed by atoms with E-state index in [9.17, 15) is 4.79 Å². The Morgan fingerprint density at radius 2 is 1.86 bits per heavy atom. The van der Waals surface area contributed by atoms with Crippen molar-refractivity contribution in [1.29, 1.82) is 0 Å². The fraction of sp³-hybridized carbons (Fsp3) is 0.900. The van der Waals surface area contributed by atoms with E-state index < -0.39 is 5.97 Å². The van der Waals surface area contributed by atoms with Gasteiger partial charge in [-0.2, -0.15) is 0 Å².